The number of benzene rings is 1. The average molecular weight is 302 g/mol. The van der Waals surface area contributed by atoms with Crippen molar-refractivity contribution in [2.45, 2.75) is 26.2 Å². The van der Waals surface area contributed by atoms with Crippen LogP contribution in [0, 0.1) is 0 Å². The monoisotopic (exact) mass is 302 g/mol. The second kappa shape index (κ2) is 5.00. The van der Waals surface area contributed by atoms with E-state index in [1.807, 2.05) is 22.7 Å². The summed E-state index contributed by atoms with van der Waals surface area (Å²) < 4.78 is 12.6. The van der Waals surface area contributed by atoms with Crippen LogP contribution in [0.25, 0.3) is 15.5 Å². The molecule has 108 valence electrons. The van der Waals surface area contributed by atoms with Gasteiger partial charge < -0.3 is 9.47 Å². The number of nitrogens with zero attached hydrogens (tertiary/aromatic N) is 4. The molecule has 0 bridgehead atoms. The number of fused-ring (bicyclic) bond motifs is 2. The van der Waals surface area contributed by atoms with Crippen LogP contribution in [0.1, 0.15) is 25.6 Å². The molecule has 0 fully saturated rings. The van der Waals surface area contributed by atoms with Gasteiger partial charge in [-0.05, 0) is 24.6 Å². The van der Waals surface area contributed by atoms with Crippen LogP contribution in [0.4, 0.5) is 0 Å². The molecule has 0 radical (unpaired) electrons. The summed E-state index contributed by atoms with van der Waals surface area (Å²) in [5.41, 5.74) is 1.01. The third-order valence-corrected chi connectivity index (χ3v) is 4.38. The Morgan fingerprint density at radius 1 is 1.24 bits per heavy atom. The van der Waals surface area contributed by atoms with E-state index in [2.05, 4.69) is 22.2 Å². The summed E-state index contributed by atoms with van der Waals surface area (Å²) in [4.78, 5) is 0.828. The third kappa shape index (κ3) is 2.13. The molecule has 1 aliphatic heterocycles. The van der Waals surface area contributed by atoms with Crippen molar-refractivity contribution in [3.8, 4) is 22.1 Å². The maximum Gasteiger partial charge on any atom is 0.234 e. The zero-order valence-corrected chi connectivity index (χ0v) is 12.4. The van der Waals surface area contributed by atoms with Crippen LogP contribution >= 0.6 is 11.3 Å². The maximum atomic E-state index is 5.41. The van der Waals surface area contributed by atoms with E-state index in [4.69, 9.17) is 9.47 Å². The molecule has 0 atom stereocenters. The second-order valence-corrected chi connectivity index (χ2v) is 5.85. The largest absolute Gasteiger partial charge is 0.454 e. The number of rotatable bonds is 4. The number of unbranched alkanes of at least 4 members (excludes halogenated alkanes) is 1. The molecule has 0 amide bonds. The van der Waals surface area contributed by atoms with Crippen molar-refractivity contribution >= 4 is 16.3 Å². The summed E-state index contributed by atoms with van der Waals surface area (Å²) in [5, 5.41) is 14.0. The van der Waals surface area contributed by atoms with E-state index in [1.165, 1.54) is 11.3 Å². The fourth-order valence-corrected chi connectivity index (χ4v) is 3.15. The van der Waals surface area contributed by atoms with Gasteiger partial charge in [-0.25, -0.2) is 0 Å². The van der Waals surface area contributed by atoms with Gasteiger partial charge in [-0.3, -0.25) is 0 Å². The predicted molar refractivity (Wildman–Crippen MR) is 78.8 cm³/mol. The van der Waals surface area contributed by atoms with Gasteiger partial charge in [0.25, 0.3) is 0 Å². The van der Waals surface area contributed by atoms with Gasteiger partial charge in [0.05, 0.1) is 0 Å². The molecule has 1 aromatic carbocycles. The van der Waals surface area contributed by atoms with Crippen molar-refractivity contribution < 1.29 is 9.47 Å². The summed E-state index contributed by atoms with van der Waals surface area (Å²) in [7, 11) is 0. The van der Waals surface area contributed by atoms with Crippen LogP contribution in [0.15, 0.2) is 18.2 Å². The first-order valence-electron chi connectivity index (χ1n) is 6.96. The zero-order chi connectivity index (χ0) is 14.2. The van der Waals surface area contributed by atoms with Gasteiger partial charge in [0.1, 0.15) is 5.01 Å². The van der Waals surface area contributed by atoms with E-state index >= 15 is 0 Å². The van der Waals surface area contributed by atoms with Gasteiger partial charge in [-0.2, -0.15) is 9.61 Å². The van der Waals surface area contributed by atoms with Crippen LogP contribution < -0.4 is 9.47 Å². The molecule has 21 heavy (non-hydrogen) atoms. The van der Waals surface area contributed by atoms with Gasteiger partial charge in [-0.15, -0.1) is 10.2 Å². The number of ether oxygens (including phenoxy) is 2. The van der Waals surface area contributed by atoms with Gasteiger partial charge in [-0.1, -0.05) is 24.7 Å². The zero-order valence-electron chi connectivity index (χ0n) is 11.6. The third-order valence-electron chi connectivity index (χ3n) is 3.43. The fourth-order valence-electron chi connectivity index (χ4n) is 2.29. The lowest BCUT2D eigenvalue weighted by molar-refractivity contribution is 0.174. The van der Waals surface area contributed by atoms with E-state index in [-0.39, 0.29) is 6.79 Å². The summed E-state index contributed by atoms with van der Waals surface area (Å²) >= 11 is 1.53. The highest BCUT2D eigenvalue weighted by Gasteiger charge is 2.17. The lowest BCUT2D eigenvalue weighted by Crippen LogP contribution is -1.96. The summed E-state index contributed by atoms with van der Waals surface area (Å²) in [6.45, 7) is 2.45. The quantitative estimate of drug-likeness (QED) is 0.741. The molecule has 7 heteroatoms. The normalized spacial score (nSPS) is 13.2. The first-order valence-corrected chi connectivity index (χ1v) is 7.78. The fraction of sp³-hybridized carbons (Fsp3) is 0.357. The predicted octanol–water partition coefficient (Wildman–Crippen LogP) is 2.92. The average Bonchev–Trinajstić information content (AvgIpc) is 3.19. The molecule has 0 saturated heterocycles. The highest BCUT2D eigenvalue weighted by Crippen LogP contribution is 2.36. The molecule has 0 unspecified atom stereocenters. The van der Waals surface area contributed by atoms with Crippen LogP contribution in [0.3, 0.4) is 0 Å². The van der Waals surface area contributed by atoms with Crippen molar-refractivity contribution in [3.63, 3.8) is 0 Å². The molecule has 6 nitrogen and oxygen atoms in total. The summed E-state index contributed by atoms with van der Waals surface area (Å²) in [6.07, 6.45) is 3.13. The van der Waals surface area contributed by atoms with Crippen LogP contribution in [0.5, 0.6) is 11.5 Å². The molecule has 3 aromatic rings. The minimum absolute atomic E-state index is 0.283. The van der Waals surface area contributed by atoms with Gasteiger partial charge >= 0.3 is 0 Å². The second-order valence-electron chi connectivity index (χ2n) is 4.89. The van der Waals surface area contributed by atoms with Gasteiger partial charge in [0.15, 0.2) is 17.3 Å². The van der Waals surface area contributed by atoms with E-state index < -0.39 is 0 Å². The Kier molecular flexibility index (Phi) is 2.99. The standard InChI is InChI=1S/C14H14N4O2S/c1-2-3-4-12-15-16-14-18(12)17-13(21-14)9-5-6-10-11(7-9)20-8-19-10/h5-7H,2-4,8H2,1H3. The Bertz CT molecular complexity index is 795. The number of aryl methyl sites for hydroxylation is 1. The Balaban J connectivity index is 1.72. The van der Waals surface area contributed by atoms with Gasteiger partial charge in [0, 0.05) is 12.0 Å². The Hall–Kier alpha value is -2.15. The van der Waals surface area contributed by atoms with E-state index in [0.29, 0.717) is 0 Å². The Morgan fingerprint density at radius 3 is 3.05 bits per heavy atom. The SMILES string of the molecule is CCCCc1nnc2sc(-c3ccc4c(c3)OCO4)nn12. The van der Waals surface area contributed by atoms with Crippen molar-refractivity contribution in [1.29, 1.82) is 0 Å². The molecule has 3 heterocycles. The molecular formula is C14H14N4O2S. The number of hydrogen-bond donors (Lipinski definition) is 0. The Morgan fingerprint density at radius 2 is 2.14 bits per heavy atom. The maximum absolute atomic E-state index is 5.41. The van der Waals surface area contributed by atoms with Crippen molar-refractivity contribution in [2.24, 2.45) is 0 Å². The molecule has 0 N–H and O–H groups in total. The lowest BCUT2D eigenvalue weighted by atomic mass is 10.2. The van der Waals surface area contributed by atoms with Crippen molar-refractivity contribution in [2.75, 3.05) is 6.79 Å². The van der Waals surface area contributed by atoms with Crippen LogP contribution in [-0.2, 0) is 6.42 Å². The summed E-state index contributed by atoms with van der Waals surface area (Å²) in [5.74, 6) is 2.48. The smallest absolute Gasteiger partial charge is 0.234 e. The molecule has 0 spiro atoms. The molecule has 2 aromatic heterocycles. The number of hydrogen-bond acceptors (Lipinski definition) is 6. The first-order chi connectivity index (χ1) is 10.3. The molecule has 0 aliphatic carbocycles. The van der Waals surface area contributed by atoms with Gasteiger partial charge in [0.2, 0.25) is 11.8 Å². The first kappa shape index (κ1) is 12.6. The highest BCUT2D eigenvalue weighted by atomic mass is 32.1. The molecule has 1 aliphatic rings. The van der Waals surface area contributed by atoms with Crippen LogP contribution in [-0.4, -0.2) is 26.6 Å². The van der Waals surface area contributed by atoms with Crippen molar-refractivity contribution in [3.05, 3.63) is 24.0 Å². The molecule has 0 saturated carbocycles. The minimum Gasteiger partial charge on any atom is -0.454 e. The molecule has 4 rings (SSSR count). The summed E-state index contributed by atoms with van der Waals surface area (Å²) in [6, 6.07) is 5.86. The minimum atomic E-state index is 0.283. The topological polar surface area (TPSA) is 61.5 Å². The van der Waals surface area contributed by atoms with E-state index in [1.54, 1.807) is 0 Å². The molecular weight excluding hydrogens is 288 g/mol. The van der Waals surface area contributed by atoms with E-state index in [0.717, 1.165) is 52.1 Å². The van der Waals surface area contributed by atoms with E-state index in [9.17, 15) is 0 Å². The Labute approximate surface area is 125 Å². The van der Waals surface area contributed by atoms with Crippen molar-refractivity contribution in [1.82, 2.24) is 19.8 Å². The number of aromatic nitrogens is 4. The lowest BCUT2D eigenvalue weighted by Gasteiger charge is -1.98. The van der Waals surface area contributed by atoms with Crippen LogP contribution in [0.2, 0.25) is 0 Å². The highest BCUT2D eigenvalue weighted by molar-refractivity contribution is 7.19.